The molecule has 0 amide bonds. The second kappa shape index (κ2) is 18.3. The lowest BCUT2D eigenvalue weighted by molar-refractivity contribution is -0.136. The normalized spacial score (nSPS) is 12.8. The predicted octanol–water partition coefficient (Wildman–Crippen LogP) is 7.30. The maximum atomic E-state index is 10.7. The van der Waals surface area contributed by atoms with Gasteiger partial charge >= 0.3 is 5.97 Å². The van der Waals surface area contributed by atoms with Crippen molar-refractivity contribution in [3.63, 3.8) is 0 Å². The lowest BCUT2D eigenvalue weighted by atomic mass is 10.1. The van der Waals surface area contributed by atoms with E-state index in [1.165, 1.54) is 83.5 Å². The highest BCUT2D eigenvalue weighted by atomic mass is 127. The Balaban J connectivity index is 3.13. The van der Waals surface area contributed by atoms with Crippen LogP contribution < -0.4 is 0 Å². The second-order valence-corrected chi connectivity index (χ2v) is 8.04. The van der Waals surface area contributed by atoms with Crippen LogP contribution in [0.2, 0.25) is 0 Å². The van der Waals surface area contributed by atoms with Crippen LogP contribution in [0.4, 0.5) is 0 Å². The largest absolute Gasteiger partial charge is 0.480 e. The van der Waals surface area contributed by atoms with Crippen molar-refractivity contribution in [1.82, 2.24) is 0 Å². The van der Waals surface area contributed by atoms with Crippen LogP contribution in [0.3, 0.4) is 0 Å². The monoisotopic (exact) mass is 436 g/mol. The van der Waals surface area contributed by atoms with Gasteiger partial charge in [-0.25, -0.2) is 0 Å². The van der Waals surface area contributed by atoms with Gasteiger partial charge in [-0.2, -0.15) is 0 Å². The summed E-state index contributed by atoms with van der Waals surface area (Å²) in [6, 6.07) is 0. The molecule has 0 aromatic carbocycles. The summed E-state index contributed by atoms with van der Waals surface area (Å²) >= 11 is 2.03. The van der Waals surface area contributed by atoms with E-state index < -0.39 is 5.97 Å². The van der Waals surface area contributed by atoms with Gasteiger partial charge in [0.2, 0.25) is 0 Å². The molecule has 1 unspecified atom stereocenters. The molecule has 1 atom stereocenters. The molecule has 0 heterocycles. The van der Waals surface area contributed by atoms with E-state index in [9.17, 15) is 4.79 Å². The van der Waals surface area contributed by atoms with E-state index in [4.69, 9.17) is 5.11 Å². The summed E-state index contributed by atoms with van der Waals surface area (Å²) in [6.07, 6.45) is 23.7. The van der Waals surface area contributed by atoms with E-state index >= 15 is 0 Å². The number of alkyl halides is 1. The van der Waals surface area contributed by atoms with E-state index in [2.05, 4.69) is 19.1 Å². The zero-order valence-corrected chi connectivity index (χ0v) is 17.2. The van der Waals surface area contributed by atoms with E-state index in [-0.39, 0.29) is 3.92 Å². The molecule has 0 aromatic heterocycles. The van der Waals surface area contributed by atoms with Crippen molar-refractivity contribution < 1.29 is 9.90 Å². The Kier molecular flexibility index (Phi) is 18.2. The van der Waals surface area contributed by atoms with Crippen molar-refractivity contribution in [3.05, 3.63) is 12.2 Å². The minimum atomic E-state index is -0.666. The highest BCUT2D eigenvalue weighted by molar-refractivity contribution is 14.1. The Morgan fingerprint density at radius 2 is 1.26 bits per heavy atom. The first kappa shape index (κ1) is 22.9. The van der Waals surface area contributed by atoms with E-state index in [1.807, 2.05) is 22.6 Å². The first-order chi connectivity index (χ1) is 11.2. The Hall–Kier alpha value is -0.0600. The van der Waals surface area contributed by atoms with Crippen molar-refractivity contribution >= 4 is 28.6 Å². The standard InChI is InChI=1S/C20H37IO2/c1-2-3-4-5-6-7-8-9-10-11-12-13-14-15-16-17-18-19(21)20(22)23/h7-8,19H,2-6,9-18H2,1H3,(H,22,23). The van der Waals surface area contributed by atoms with Gasteiger partial charge < -0.3 is 5.11 Å². The van der Waals surface area contributed by atoms with Gasteiger partial charge in [-0.3, -0.25) is 4.79 Å². The minimum Gasteiger partial charge on any atom is -0.480 e. The van der Waals surface area contributed by atoms with Crippen molar-refractivity contribution in [3.8, 4) is 0 Å². The fourth-order valence-corrected chi connectivity index (χ4v) is 3.13. The molecular formula is C20H37IO2. The lowest BCUT2D eigenvalue weighted by Gasteiger charge is -2.04. The van der Waals surface area contributed by atoms with Crippen LogP contribution in [-0.4, -0.2) is 15.0 Å². The minimum absolute atomic E-state index is 0.202. The fourth-order valence-electron chi connectivity index (χ4n) is 2.69. The highest BCUT2D eigenvalue weighted by Gasteiger charge is 2.11. The molecule has 1 N–H and O–H groups in total. The fraction of sp³-hybridized carbons (Fsp3) is 0.850. The summed E-state index contributed by atoms with van der Waals surface area (Å²) in [4.78, 5) is 10.7. The number of hydrogen-bond acceptors (Lipinski definition) is 1. The summed E-state index contributed by atoms with van der Waals surface area (Å²) in [6.45, 7) is 2.26. The Morgan fingerprint density at radius 1 is 0.826 bits per heavy atom. The maximum Gasteiger partial charge on any atom is 0.316 e. The molecule has 3 heteroatoms. The van der Waals surface area contributed by atoms with Crippen LogP contribution in [0.5, 0.6) is 0 Å². The van der Waals surface area contributed by atoms with E-state index in [0.717, 1.165) is 12.8 Å². The van der Waals surface area contributed by atoms with E-state index in [0.29, 0.717) is 0 Å². The molecule has 0 aliphatic heterocycles. The third kappa shape index (κ3) is 18.1. The molecule has 0 saturated heterocycles. The number of aliphatic carboxylic acids is 1. The molecule has 0 bridgehead atoms. The third-order valence-corrected chi connectivity index (χ3v) is 5.39. The zero-order valence-electron chi connectivity index (χ0n) is 15.1. The number of carboxylic acids is 1. The SMILES string of the molecule is CCCCCCC=CCCCCCCCCCCC(I)C(=O)O. The van der Waals surface area contributed by atoms with Gasteiger partial charge in [-0.15, -0.1) is 0 Å². The number of allylic oxidation sites excluding steroid dienone is 2. The van der Waals surface area contributed by atoms with Gasteiger partial charge in [0.25, 0.3) is 0 Å². The Labute approximate surface area is 157 Å². The molecule has 0 fully saturated rings. The highest BCUT2D eigenvalue weighted by Crippen LogP contribution is 2.15. The molecule has 2 nitrogen and oxygen atoms in total. The predicted molar refractivity (Wildman–Crippen MR) is 110 cm³/mol. The number of carboxylic acid groups (broad SMARTS) is 1. The van der Waals surface area contributed by atoms with Crippen LogP contribution in [0, 0.1) is 0 Å². The number of unbranched alkanes of at least 4 members (excludes halogenated alkanes) is 12. The molecule has 0 aliphatic rings. The van der Waals surface area contributed by atoms with Crippen LogP contribution in [0.25, 0.3) is 0 Å². The van der Waals surface area contributed by atoms with Crippen molar-refractivity contribution in [2.24, 2.45) is 0 Å². The quantitative estimate of drug-likeness (QED) is 0.112. The summed E-state index contributed by atoms with van der Waals surface area (Å²) in [7, 11) is 0. The first-order valence-corrected chi connectivity index (χ1v) is 10.9. The molecule has 0 rings (SSSR count). The van der Waals surface area contributed by atoms with Gasteiger partial charge in [-0.05, 0) is 32.1 Å². The van der Waals surface area contributed by atoms with Crippen molar-refractivity contribution in [1.29, 1.82) is 0 Å². The van der Waals surface area contributed by atoms with Gasteiger partial charge in [0, 0.05) is 0 Å². The Morgan fingerprint density at radius 3 is 1.74 bits per heavy atom. The van der Waals surface area contributed by atoms with Crippen molar-refractivity contribution in [2.75, 3.05) is 0 Å². The number of halogens is 1. The van der Waals surface area contributed by atoms with Crippen LogP contribution in [0.1, 0.15) is 103 Å². The number of hydrogen-bond donors (Lipinski definition) is 1. The molecule has 0 aliphatic carbocycles. The van der Waals surface area contributed by atoms with Gasteiger partial charge in [0.15, 0.2) is 0 Å². The summed E-state index contributed by atoms with van der Waals surface area (Å²) in [5.74, 6) is -0.666. The summed E-state index contributed by atoms with van der Waals surface area (Å²) in [5.41, 5.74) is 0. The molecule has 0 aromatic rings. The first-order valence-electron chi connectivity index (χ1n) is 9.70. The van der Waals surface area contributed by atoms with Crippen molar-refractivity contribution in [2.45, 2.75) is 107 Å². The second-order valence-electron chi connectivity index (χ2n) is 6.53. The average molecular weight is 436 g/mol. The average Bonchev–Trinajstić information content (AvgIpc) is 2.54. The smallest absolute Gasteiger partial charge is 0.316 e. The van der Waals surface area contributed by atoms with Crippen LogP contribution in [0.15, 0.2) is 12.2 Å². The molecule has 0 spiro atoms. The van der Waals surface area contributed by atoms with E-state index in [1.54, 1.807) is 0 Å². The zero-order chi connectivity index (χ0) is 17.2. The van der Waals surface area contributed by atoms with Crippen LogP contribution >= 0.6 is 22.6 Å². The molecule has 0 saturated carbocycles. The molecule has 23 heavy (non-hydrogen) atoms. The molecule has 136 valence electrons. The van der Waals surface area contributed by atoms with Gasteiger partial charge in [0.05, 0.1) is 0 Å². The third-order valence-electron chi connectivity index (χ3n) is 4.24. The maximum absolute atomic E-state index is 10.7. The van der Waals surface area contributed by atoms with Crippen LogP contribution in [-0.2, 0) is 4.79 Å². The number of rotatable bonds is 17. The summed E-state index contributed by atoms with van der Waals surface area (Å²) < 4.78 is -0.202. The number of carbonyl (C=O) groups is 1. The van der Waals surface area contributed by atoms with Gasteiger partial charge in [-0.1, -0.05) is 106 Å². The molecule has 0 radical (unpaired) electrons. The Bertz CT molecular complexity index is 289. The lowest BCUT2D eigenvalue weighted by Crippen LogP contribution is -2.11. The topological polar surface area (TPSA) is 37.3 Å². The summed E-state index contributed by atoms with van der Waals surface area (Å²) in [5, 5.41) is 8.80. The van der Waals surface area contributed by atoms with Gasteiger partial charge in [0.1, 0.15) is 3.92 Å². The molecular weight excluding hydrogens is 399 g/mol.